The lowest BCUT2D eigenvalue weighted by Gasteiger charge is -2.13. The maximum atomic E-state index is 14.6. The molecule has 0 spiro atoms. The zero-order valence-electron chi connectivity index (χ0n) is 9.04. The van der Waals surface area contributed by atoms with Crippen LogP contribution in [-0.4, -0.2) is 6.54 Å². The molecule has 2 aromatic rings. The molecule has 88 valence electrons. The Labute approximate surface area is 112 Å². The van der Waals surface area contributed by atoms with Crippen LogP contribution in [-0.2, 0) is 6.42 Å². The molecule has 3 rings (SSSR count). The SMILES string of the molecule is FC(c1cscc1Br)c1cccc2c1NCC2. The topological polar surface area (TPSA) is 12.0 Å². The van der Waals surface area contributed by atoms with Crippen molar-refractivity contribution >= 4 is 33.0 Å². The van der Waals surface area contributed by atoms with Gasteiger partial charge >= 0.3 is 0 Å². The minimum Gasteiger partial charge on any atom is -0.384 e. The molecule has 0 amide bonds. The smallest absolute Gasteiger partial charge is 0.154 e. The molecule has 1 atom stereocenters. The summed E-state index contributed by atoms with van der Waals surface area (Å²) in [5, 5.41) is 7.06. The van der Waals surface area contributed by atoms with Gasteiger partial charge in [0.25, 0.3) is 0 Å². The molecule has 1 aliphatic heterocycles. The predicted molar refractivity (Wildman–Crippen MR) is 73.6 cm³/mol. The van der Waals surface area contributed by atoms with Crippen LogP contribution >= 0.6 is 27.3 Å². The third kappa shape index (κ3) is 1.89. The highest BCUT2D eigenvalue weighted by Gasteiger charge is 2.23. The Bertz CT molecular complexity index is 552. The molecule has 0 saturated carbocycles. The summed E-state index contributed by atoms with van der Waals surface area (Å²) in [5.74, 6) is 0. The highest BCUT2D eigenvalue weighted by atomic mass is 79.9. The maximum absolute atomic E-state index is 14.6. The zero-order chi connectivity index (χ0) is 11.8. The van der Waals surface area contributed by atoms with Gasteiger partial charge in [-0.1, -0.05) is 18.2 Å². The van der Waals surface area contributed by atoms with Gasteiger partial charge in [0.15, 0.2) is 6.17 Å². The van der Waals surface area contributed by atoms with Gasteiger partial charge in [-0.05, 0) is 33.3 Å². The van der Waals surface area contributed by atoms with Crippen LogP contribution in [0.1, 0.15) is 22.9 Å². The minimum atomic E-state index is -1.06. The van der Waals surface area contributed by atoms with E-state index in [1.807, 2.05) is 22.9 Å². The number of thiophene rings is 1. The fourth-order valence-corrected chi connectivity index (χ4v) is 3.72. The van der Waals surface area contributed by atoms with Crippen LogP contribution in [0.3, 0.4) is 0 Å². The molecule has 1 N–H and O–H groups in total. The molecule has 1 unspecified atom stereocenters. The molecule has 1 aromatic carbocycles. The first-order chi connectivity index (χ1) is 8.27. The highest BCUT2D eigenvalue weighted by molar-refractivity contribution is 9.10. The lowest BCUT2D eigenvalue weighted by molar-refractivity contribution is 0.402. The van der Waals surface area contributed by atoms with Crippen molar-refractivity contribution < 1.29 is 4.39 Å². The van der Waals surface area contributed by atoms with Gasteiger partial charge in [-0.15, -0.1) is 0 Å². The minimum absolute atomic E-state index is 0.720. The second-order valence-corrected chi connectivity index (χ2v) is 5.69. The summed E-state index contributed by atoms with van der Waals surface area (Å²) >= 11 is 4.91. The van der Waals surface area contributed by atoms with Gasteiger partial charge in [0.2, 0.25) is 0 Å². The van der Waals surface area contributed by atoms with Crippen LogP contribution < -0.4 is 5.32 Å². The fraction of sp³-hybridized carbons (Fsp3) is 0.231. The van der Waals surface area contributed by atoms with E-state index in [1.54, 1.807) is 0 Å². The van der Waals surface area contributed by atoms with Gasteiger partial charge in [0, 0.05) is 33.2 Å². The van der Waals surface area contributed by atoms with E-state index in [0.29, 0.717) is 0 Å². The summed E-state index contributed by atoms with van der Waals surface area (Å²) in [6.07, 6.45) is -0.0723. The molecule has 0 bridgehead atoms. The Balaban J connectivity index is 2.05. The van der Waals surface area contributed by atoms with Gasteiger partial charge in [-0.3, -0.25) is 0 Å². The monoisotopic (exact) mass is 311 g/mol. The molecule has 2 heterocycles. The first kappa shape index (κ1) is 11.2. The van der Waals surface area contributed by atoms with Crippen LogP contribution in [0.4, 0.5) is 10.1 Å². The molecule has 0 saturated heterocycles. The van der Waals surface area contributed by atoms with E-state index in [-0.39, 0.29) is 0 Å². The summed E-state index contributed by atoms with van der Waals surface area (Å²) < 4.78 is 15.4. The fourth-order valence-electron chi connectivity index (χ4n) is 2.22. The van der Waals surface area contributed by atoms with E-state index in [9.17, 15) is 4.39 Å². The number of halogens is 2. The number of hydrogen-bond acceptors (Lipinski definition) is 2. The van der Waals surface area contributed by atoms with Gasteiger partial charge in [-0.25, -0.2) is 4.39 Å². The average Bonchev–Trinajstić information content (AvgIpc) is 2.95. The zero-order valence-corrected chi connectivity index (χ0v) is 11.4. The van der Waals surface area contributed by atoms with Crippen molar-refractivity contribution in [2.45, 2.75) is 12.6 Å². The van der Waals surface area contributed by atoms with Crippen molar-refractivity contribution in [2.24, 2.45) is 0 Å². The number of fused-ring (bicyclic) bond motifs is 1. The molecular weight excluding hydrogens is 301 g/mol. The number of alkyl halides is 1. The largest absolute Gasteiger partial charge is 0.384 e. The van der Waals surface area contributed by atoms with Crippen molar-refractivity contribution in [3.63, 3.8) is 0 Å². The Hall–Kier alpha value is -0.870. The number of benzene rings is 1. The first-order valence-electron chi connectivity index (χ1n) is 5.48. The van der Waals surface area contributed by atoms with Crippen LogP contribution in [0.5, 0.6) is 0 Å². The molecule has 1 aromatic heterocycles. The molecule has 0 fully saturated rings. The second kappa shape index (κ2) is 4.42. The Morgan fingerprint density at radius 2 is 2.18 bits per heavy atom. The average molecular weight is 312 g/mol. The molecule has 1 nitrogen and oxygen atoms in total. The van der Waals surface area contributed by atoms with Crippen molar-refractivity contribution in [3.8, 4) is 0 Å². The molecule has 17 heavy (non-hydrogen) atoms. The lowest BCUT2D eigenvalue weighted by Crippen LogP contribution is -2.00. The summed E-state index contributed by atoms with van der Waals surface area (Å²) in [4.78, 5) is 0. The van der Waals surface area contributed by atoms with Crippen LogP contribution in [0.2, 0.25) is 0 Å². The quantitative estimate of drug-likeness (QED) is 0.858. The lowest BCUT2D eigenvalue weighted by atomic mass is 10.0. The van der Waals surface area contributed by atoms with Gasteiger partial charge in [0.05, 0.1) is 0 Å². The second-order valence-electron chi connectivity index (χ2n) is 4.10. The van der Waals surface area contributed by atoms with E-state index >= 15 is 0 Å². The predicted octanol–water partition coefficient (Wildman–Crippen LogP) is 4.54. The van der Waals surface area contributed by atoms with Crippen molar-refractivity contribution in [1.29, 1.82) is 0 Å². The van der Waals surface area contributed by atoms with Crippen molar-refractivity contribution in [2.75, 3.05) is 11.9 Å². The Morgan fingerprint density at radius 3 is 2.94 bits per heavy atom. The number of rotatable bonds is 2. The highest BCUT2D eigenvalue weighted by Crippen LogP contribution is 2.39. The Morgan fingerprint density at radius 1 is 1.29 bits per heavy atom. The van der Waals surface area contributed by atoms with Crippen LogP contribution in [0.25, 0.3) is 0 Å². The van der Waals surface area contributed by atoms with Crippen molar-refractivity contribution in [3.05, 3.63) is 50.1 Å². The van der Waals surface area contributed by atoms with E-state index in [0.717, 1.165) is 34.3 Å². The summed E-state index contributed by atoms with van der Waals surface area (Å²) in [6, 6.07) is 5.87. The van der Waals surface area contributed by atoms with Gasteiger partial charge in [-0.2, -0.15) is 11.3 Å². The van der Waals surface area contributed by atoms with Crippen molar-refractivity contribution in [1.82, 2.24) is 0 Å². The van der Waals surface area contributed by atoms with Crippen LogP contribution in [0, 0.1) is 0 Å². The number of hydrogen-bond donors (Lipinski definition) is 1. The number of para-hydroxylation sites is 1. The summed E-state index contributed by atoms with van der Waals surface area (Å²) in [5.41, 5.74) is 3.67. The first-order valence-corrected chi connectivity index (χ1v) is 7.22. The normalized spacial score (nSPS) is 15.4. The summed E-state index contributed by atoms with van der Waals surface area (Å²) in [7, 11) is 0. The molecule has 0 radical (unpaired) electrons. The van der Waals surface area contributed by atoms with Crippen LogP contribution in [0.15, 0.2) is 33.4 Å². The molecule has 4 heteroatoms. The summed E-state index contributed by atoms with van der Waals surface area (Å²) in [6.45, 7) is 0.907. The van der Waals surface area contributed by atoms with E-state index < -0.39 is 6.17 Å². The van der Waals surface area contributed by atoms with E-state index in [1.165, 1.54) is 16.9 Å². The third-order valence-corrected chi connectivity index (χ3v) is 4.82. The maximum Gasteiger partial charge on any atom is 0.154 e. The molecular formula is C13H11BrFNS. The number of anilines is 1. The third-order valence-electron chi connectivity index (χ3n) is 3.07. The Kier molecular flexibility index (Phi) is 2.92. The van der Waals surface area contributed by atoms with Gasteiger partial charge < -0.3 is 5.32 Å². The number of nitrogens with one attached hydrogen (secondary N) is 1. The van der Waals surface area contributed by atoms with Gasteiger partial charge in [0.1, 0.15) is 0 Å². The molecule has 0 aliphatic carbocycles. The standard InChI is InChI=1S/C13H11BrFNS/c14-11-7-17-6-10(11)12(15)9-3-1-2-8-4-5-16-13(8)9/h1-3,6-7,12,16H,4-5H2. The van der Waals surface area contributed by atoms with E-state index in [2.05, 4.69) is 27.3 Å². The molecule has 1 aliphatic rings. The van der Waals surface area contributed by atoms with E-state index in [4.69, 9.17) is 0 Å².